The van der Waals surface area contributed by atoms with E-state index in [1.165, 1.54) is 24.4 Å². The second-order valence-corrected chi connectivity index (χ2v) is 10.0. The van der Waals surface area contributed by atoms with Crippen molar-refractivity contribution in [3.05, 3.63) is 127 Å². The molecule has 196 valence electrons. The maximum Gasteiger partial charge on any atom is 0.345 e. The van der Waals surface area contributed by atoms with Gasteiger partial charge in [0, 0.05) is 20.6 Å². The number of amides is 2. The number of carbonyl (C=O) groups is 3. The lowest BCUT2D eigenvalue weighted by Gasteiger charge is -2.11. The van der Waals surface area contributed by atoms with Crippen LogP contribution in [0.1, 0.15) is 42.2 Å². The zero-order valence-corrected chi connectivity index (χ0v) is 23.5. The van der Waals surface area contributed by atoms with Gasteiger partial charge in [-0.2, -0.15) is 5.10 Å². The molecule has 10 heteroatoms. The molecule has 0 aliphatic heterocycles. The highest BCUT2D eigenvalue weighted by atomic mass is 79.9. The fourth-order valence-electron chi connectivity index (χ4n) is 3.43. The highest BCUT2D eigenvalue weighted by Crippen LogP contribution is 2.26. The Morgan fingerprint density at radius 2 is 1.62 bits per heavy atom. The molecule has 4 aromatic carbocycles. The van der Waals surface area contributed by atoms with Crippen LogP contribution in [0.5, 0.6) is 5.75 Å². The van der Waals surface area contributed by atoms with Crippen molar-refractivity contribution in [3.63, 3.8) is 0 Å². The molecule has 0 aliphatic rings. The van der Waals surface area contributed by atoms with Gasteiger partial charge in [-0.3, -0.25) is 9.59 Å². The van der Waals surface area contributed by atoms with E-state index in [1.54, 1.807) is 54.6 Å². The van der Waals surface area contributed by atoms with Crippen LogP contribution in [0.3, 0.4) is 0 Å². The number of nitrogens with one attached hydrogen (secondary N) is 2. The van der Waals surface area contributed by atoms with Crippen molar-refractivity contribution in [1.29, 1.82) is 0 Å². The zero-order valence-electron chi connectivity index (χ0n) is 20.4. The molecular weight excluding hydrogens is 605 g/mol. The van der Waals surface area contributed by atoms with E-state index in [2.05, 4.69) is 31.8 Å². The molecule has 0 atom stereocenters. The highest BCUT2D eigenvalue weighted by molar-refractivity contribution is 9.10. The Morgan fingerprint density at radius 1 is 0.872 bits per heavy atom. The molecular formula is C29H20BrCl2N3O4. The lowest BCUT2D eigenvalue weighted by molar-refractivity contribution is 0.0734. The molecule has 4 aromatic rings. The van der Waals surface area contributed by atoms with Gasteiger partial charge in [-0.1, -0.05) is 69.0 Å². The first kappa shape index (κ1) is 28.0. The topological polar surface area (TPSA) is 96.9 Å². The van der Waals surface area contributed by atoms with Gasteiger partial charge in [-0.15, -0.1) is 0 Å². The quantitative estimate of drug-likeness (QED) is 0.0976. The molecule has 0 aliphatic carbocycles. The standard InChI is InChI=1S/C29H20BrCl2N3O4/c1-17-6-8-18(9-7-17)27(36)34-25-5-3-2-4-23(25)28(37)35-33-16-19-14-20(30)10-13-26(19)39-29(38)22-12-11-21(31)15-24(22)32/h2-16H,1H3,(H,34,36)(H,35,37)/b33-16-. The van der Waals surface area contributed by atoms with Gasteiger partial charge in [0.2, 0.25) is 0 Å². The minimum absolute atomic E-state index is 0.143. The molecule has 2 N–H and O–H groups in total. The first-order valence-corrected chi connectivity index (χ1v) is 13.0. The van der Waals surface area contributed by atoms with E-state index >= 15 is 0 Å². The maximum atomic E-state index is 12.9. The summed E-state index contributed by atoms with van der Waals surface area (Å²) >= 11 is 15.4. The van der Waals surface area contributed by atoms with Gasteiger partial charge in [0.05, 0.1) is 28.1 Å². The Bertz CT molecular complexity index is 1590. The van der Waals surface area contributed by atoms with Crippen LogP contribution in [0.2, 0.25) is 10.0 Å². The number of halogens is 3. The second kappa shape index (κ2) is 12.7. The summed E-state index contributed by atoms with van der Waals surface area (Å²) in [5.41, 5.74) is 5.03. The number of carbonyl (C=O) groups excluding carboxylic acids is 3. The SMILES string of the molecule is Cc1ccc(C(=O)Nc2ccccc2C(=O)N/N=C\c2cc(Br)ccc2OC(=O)c2ccc(Cl)cc2Cl)cc1. The fourth-order valence-corrected chi connectivity index (χ4v) is 4.30. The number of hydrogen-bond acceptors (Lipinski definition) is 5. The number of nitrogens with zero attached hydrogens (tertiary/aromatic N) is 1. The summed E-state index contributed by atoms with van der Waals surface area (Å²) in [7, 11) is 0. The van der Waals surface area contributed by atoms with Gasteiger partial charge in [-0.25, -0.2) is 10.2 Å². The smallest absolute Gasteiger partial charge is 0.345 e. The summed E-state index contributed by atoms with van der Waals surface area (Å²) in [5.74, 6) is -1.39. The van der Waals surface area contributed by atoms with E-state index < -0.39 is 11.9 Å². The molecule has 2 amide bonds. The van der Waals surface area contributed by atoms with Crippen LogP contribution >= 0.6 is 39.1 Å². The van der Waals surface area contributed by atoms with E-state index in [0.29, 0.717) is 26.3 Å². The van der Waals surface area contributed by atoms with Crippen LogP contribution < -0.4 is 15.5 Å². The van der Waals surface area contributed by atoms with Gasteiger partial charge in [0.25, 0.3) is 11.8 Å². The number of ether oxygens (including phenoxy) is 1. The summed E-state index contributed by atoms with van der Waals surface area (Å²) in [6.07, 6.45) is 1.34. The van der Waals surface area contributed by atoms with Crippen molar-refractivity contribution in [1.82, 2.24) is 5.43 Å². The van der Waals surface area contributed by atoms with E-state index in [9.17, 15) is 14.4 Å². The number of benzene rings is 4. The van der Waals surface area contributed by atoms with Gasteiger partial charge in [0.1, 0.15) is 5.75 Å². The minimum atomic E-state index is -0.684. The van der Waals surface area contributed by atoms with E-state index in [0.717, 1.165) is 5.56 Å². The molecule has 0 radical (unpaired) electrons. The number of rotatable bonds is 7. The molecule has 0 heterocycles. The summed E-state index contributed by atoms with van der Waals surface area (Å²) < 4.78 is 6.22. The van der Waals surface area contributed by atoms with E-state index in [-0.39, 0.29) is 27.8 Å². The summed E-state index contributed by atoms with van der Waals surface area (Å²) in [6, 6.07) is 23.0. The first-order chi connectivity index (χ1) is 18.7. The van der Waals surface area contributed by atoms with Crippen LogP contribution in [-0.2, 0) is 0 Å². The number of aryl methyl sites for hydroxylation is 1. The van der Waals surface area contributed by atoms with Crippen LogP contribution in [0.4, 0.5) is 5.69 Å². The maximum absolute atomic E-state index is 12.9. The largest absolute Gasteiger partial charge is 0.422 e. The van der Waals surface area contributed by atoms with Crippen molar-refractivity contribution in [2.45, 2.75) is 6.92 Å². The number of hydrogen-bond donors (Lipinski definition) is 2. The molecule has 39 heavy (non-hydrogen) atoms. The monoisotopic (exact) mass is 623 g/mol. The molecule has 0 aromatic heterocycles. The summed E-state index contributed by atoms with van der Waals surface area (Å²) in [5, 5.41) is 7.33. The average molecular weight is 625 g/mol. The van der Waals surface area contributed by atoms with E-state index in [1.807, 2.05) is 19.1 Å². The normalized spacial score (nSPS) is 10.8. The number of para-hydroxylation sites is 1. The molecule has 0 saturated carbocycles. The molecule has 0 spiro atoms. The summed E-state index contributed by atoms with van der Waals surface area (Å²) in [4.78, 5) is 38.3. The fraction of sp³-hybridized carbons (Fsp3) is 0.0345. The van der Waals surface area contributed by atoms with Crippen LogP contribution in [-0.4, -0.2) is 24.0 Å². The Kier molecular flexibility index (Phi) is 9.14. The van der Waals surface area contributed by atoms with Gasteiger partial charge in [-0.05, 0) is 67.6 Å². The predicted octanol–water partition coefficient (Wildman–Crippen LogP) is 7.30. The molecule has 0 bridgehead atoms. The van der Waals surface area contributed by atoms with Gasteiger partial charge in [0.15, 0.2) is 0 Å². The van der Waals surface area contributed by atoms with Crippen LogP contribution in [0.15, 0.2) is 94.5 Å². The van der Waals surface area contributed by atoms with Gasteiger partial charge < -0.3 is 10.1 Å². The molecule has 0 unspecified atom stereocenters. The lowest BCUT2D eigenvalue weighted by Crippen LogP contribution is -2.21. The number of esters is 1. The average Bonchev–Trinajstić information content (AvgIpc) is 2.90. The van der Waals surface area contributed by atoms with Crippen molar-refractivity contribution in [2.24, 2.45) is 5.10 Å². The second-order valence-electron chi connectivity index (χ2n) is 8.26. The third-order valence-corrected chi connectivity index (χ3v) is 6.47. The highest BCUT2D eigenvalue weighted by Gasteiger charge is 2.16. The first-order valence-electron chi connectivity index (χ1n) is 11.5. The number of anilines is 1. The molecule has 4 rings (SSSR count). The van der Waals surface area contributed by atoms with Crippen molar-refractivity contribution in [2.75, 3.05) is 5.32 Å². The zero-order chi connectivity index (χ0) is 27.9. The Hall–Kier alpha value is -3.98. The summed E-state index contributed by atoms with van der Waals surface area (Å²) in [6.45, 7) is 1.93. The van der Waals surface area contributed by atoms with E-state index in [4.69, 9.17) is 27.9 Å². The Balaban J connectivity index is 1.48. The van der Waals surface area contributed by atoms with Crippen molar-refractivity contribution in [3.8, 4) is 5.75 Å². The third kappa shape index (κ3) is 7.32. The molecule has 0 saturated heterocycles. The van der Waals surface area contributed by atoms with Crippen molar-refractivity contribution >= 4 is 68.8 Å². The number of hydrazone groups is 1. The van der Waals surface area contributed by atoms with Crippen LogP contribution in [0, 0.1) is 6.92 Å². The lowest BCUT2D eigenvalue weighted by atomic mass is 10.1. The molecule has 0 fully saturated rings. The Morgan fingerprint density at radius 3 is 2.36 bits per heavy atom. The van der Waals surface area contributed by atoms with Crippen molar-refractivity contribution < 1.29 is 19.1 Å². The Labute approximate surface area is 242 Å². The third-order valence-electron chi connectivity index (χ3n) is 5.43. The minimum Gasteiger partial charge on any atom is -0.422 e. The predicted molar refractivity (Wildman–Crippen MR) is 156 cm³/mol. The van der Waals surface area contributed by atoms with Crippen LogP contribution in [0.25, 0.3) is 0 Å². The van der Waals surface area contributed by atoms with Gasteiger partial charge >= 0.3 is 5.97 Å². The molecule has 7 nitrogen and oxygen atoms in total.